The van der Waals surface area contributed by atoms with Gasteiger partial charge in [-0.05, 0) is 93.3 Å². The summed E-state index contributed by atoms with van der Waals surface area (Å²) in [5.41, 5.74) is 5.25. The Balaban J connectivity index is 1.48. The van der Waals surface area contributed by atoms with Crippen LogP contribution < -0.4 is 0 Å². The molecule has 0 saturated carbocycles. The molecule has 1 aliphatic carbocycles. The molecule has 5 rings (SSSR count). The molecule has 4 nitrogen and oxygen atoms in total. The van der Waals surface area contributed by atoms with Gasteiger partial charge in [0.25, 0.3) is 0 Å². The molecule has 0 aliphatic heterocycles. The SMILES string of the molecule is CN(C)CCCC1(c2ccc(F)cc2)CCc2cc(-c3nc(-c4cccc(F)c4)n[nH]3)ccc21. The molecule has 3 aromatic carbocycles. The predicted molar refractivity (Wildman–Crippen MR) is 131 cm³/mol. The molecule has 1 atom stereocenters. The Kier molecular flexibility index (Phi) is 6.00. The Morgan fingerprint density at radius 3 is 2.53 bits per heavy atom. The fourth-order valence-corrected chi connectivity index (χ4v) is 5.21. The average Bonchev–Trinajstić information content (AvgIpc) is 3.45. The highest BCUT2D eigenvalue weighted by atomic mass is 19.1. The molecule has 0 radical (unpaired) electrons. The zero-order chi connectivity index (χ0) is 23.7. The molecule has 1 N–H and O–H groups in total. The number of H-pyrrole nitrogens is 1. The summed E-state index contributed by atoms with van der Waals surface area (Å²) in [7, 11) is 4.18. The second-order valence-corrected chi connectivity index (χ2v) is 9.39. The maximum atomic E-state index is 13.7. The molecule has 0 spiro atoms. The van der Waals surface area contributed by atoms with Crippen molar-refractivity contribution in [2.45, 2.75) is 31.1 Å². The van der Waals surface area contributed by atoms with Crippen LogP contribution >= 0.6 is 0 Å². The molecular weight excluding hydrogens is 430 g/mol. The largest absolute Gasteiger partial charge is 0.309 e. The van der Waals surface area contributed by atoms with Crippen LogP contribution in [-0.2, 0) is 11.8 Å². The molecule has 6 heteroatoms. The first kappa shape index (κ1) is 22.4. The Hall–Kier alpha value is -3.38. The normalized spacial score (nSPS) is 17.3. The number of nitrogens with one attached hydrogen (secondary N) is 1. The van der Waals surface area contributed by atoms with Crippen molar-refractivity contribution in [3.05, 3.63) is 95.1 Å². The van der Waals surface area contributed by atoms with Crippen molar-refractivity contribution in [3.63, 3.8) is 0 Å². The minimum absolute atomic E-state index is 0.119. The molecule has 4 aromatic rings. The molecule has 34 heavy (non-hydrogen) atoms. The van der Waals surface area contributed by atoms with Crippen LogP contribution in [0.1, 0.15) is 36.0 Å². The maximum absolute atomic E-state index is 13.7. The van der Waals surface area contributed by atoms with E-state index in [0.717, 1.165) is 37.8 Å². The van der Waals surface area contributed by atoms with Crippen LogP contribution in [-0.4, -0.2) is 40.7 Å². The average molecular weight is 459 g/mol. The fourth-order valence-electron chi connectivity index (χ4n) is 5.21. The summed E-state index contributed by atoms with van der Waals surface area (Å²) in [4.78, 5) is 6.82. The molecule has 1 heterocycles. The molecule has 174 valence electrons. The fraction of sp³-hybridized carbons (Fsp3) is 0.286. The molecule has 0 amide bonds. The minimum atomic E-state index is -0.312. The third kappa shape index (κ3) is 4.26. The van der Waals surface area contributed by atoms with Gasteiger partial charge in [0.2, 0.25) is 0 Å². The number of hydrogen-bond donors (Lipinski definition) is 1. The lowest BCUT2D eigenvalue weighted by atomic mass is 9.72. The number of benzene rings is 3. The minimum Gasteiger partial charge on any atom is -0.309 e. The number of rotatable bonds is 7. The molecule has 1 unspecified atom stereocenters. The van der Waals surface area contributed by atoms with Crippen molar-refractivity contribution < 1.29 is 8.78 Å². The molecule has 0 saturated heterocycles. The van der Waals surface area contributed by atoms with Gasteiger partial charge in [-0.25, -0.2) is 13.8 Å². The summed E-state index contributed by atoms with van der Waals surface area (Å²) in [6.07, 6.45) is 4.02. The Bertz CT molecular complexity index is 1300. The summed E-state index contributed by atoms with van der Waals surface area (Å²) in [6, 6.07) is 19.8. The van der Waals surface area contributed by atoms with E-state index < -0.39 is 0 Å². The van der Waals surface area contributed by atoms with E-state index in [4.69, 9.17) is 0 Å². The van der Waals surface area contributed by atoms with E-state index in [0.29, 0.717) is 17.2 Å². The van der Waals surface area contributed by atoms with Crippen LogP contribution in [0.5, 0.6) is 0 Å². The third-order valence-corrected chi connectivity index (χ3v) is 6.89. The van der Waals surface area contributed by atoms with Gasteiger partial charge in [-0.3, -0.25) is 5.10 Å². The Morgan fingerprint density at radius 2 is 1.76 bits per heavy atom. The summed E-state index contributed by atoms with van der Waals surface area (Å²) in [6.45, 7) is 1.01. The number of hydrogen-bond acceptors (Lipinski definition) is 3. The second-order valence-electron chi connectivity index (χ2n) is 9.39. The van der Waals surface area contributed by atoms with E-state index >= 15 is 0 Å². The van der Waals surface area contributed by atoms with E-state index in [1.165, 1.54) is 28.8 Å². The molecule has 1 aromatic heterocycles. The highest BCUT2D eigenvalue weighted by Gasteiger charge is 2.40. The Morgan fingerprint density at radius 1 is 0.941 bits per heavy atom. The summed E-state index contributed by atoms with van der Waals surface area (Å²) < 4.78 is 27.3. The summed E-state index contributed by atoms with van der Waals surface area (Å²) in [5, 5.41) is 7.30. The first-order valence-electron chi connectivity index (χ1n) is 11.7. The van der Waals surface area contributed by atoms with Crippen LogP contribution in [0.15, 0.2) is 66.7 Å². The quantitative estimate of drug-likeness (QED) is 0.370. The van der Waals surface area contributed by atoms with Crippen LogP contribution in [0.3, 0.4) is 0 Å². The van der Waals surface area contributed by atoms with Gasteiger partial charge in [0.15, 0.2) is 11.6 Å². The van der Waals surface area contributed by atoms with Gasteiger partial charge in [-0.15, -0.1) is 0 Å². The van der Waals surface area contributed by atoms with Gasteiger partial charge in [-0.2, -0.15) is 5.10 Å². The first-order valence-corrected chi connectivity index (χ1v) is 11.7. The van der Waals surface area contributed by atoms with E-state index in [-0.39, 0.29) is 17.0 Å². The standard InChI is InChI=1S/C28H28F2N4/c1-34(2)16-4-14-28(22-8-10-23(29)11-9-22)15-13-19-17-21(7-12-25(19)28)27-31-26(32-33-27)20-5-3-6-24(30)18-20/h3,5-12,17-18H,4,13-16H2,1-2H3,(H,31,32,33). The van der Waals surface area contributed by atoms with Crippen molar-refractivity contribution in [2.75, 3.05) is 20.6 Å². The molecule has 0 bridgehead atoms. The van der Waals surface area contributed by atoms with E-state index in [1.807, 2.05) is 12.1 Å². The predicted octanol–water partition coefficient (Wildman–Crippen LogP) is 5.99. The lowest BCUT2D eigenvalue weighted by molar-refractivity contribution is 0.359. The third-order valence-electron chi connectivity index (χ3n) is 6.89. The van der Waals surface area contributed by atoms with Crippen LogP contribution in [0.2, 0.25) is 0 Å². The number of halogens is 2. The zero-order valence-corrected chi connectivity index (χ0v) is 19.5. The van der Waals surface area contributed by atoms with Crippen LogP contribution in [0, 0.1) is 11.6 Å². The van der Waals surface area contributed by atoms with Crippen LogP contribution in [0.4, 0.5) is 8.78 Å². The smallest absolute Gasteiger partial charge is 0.181 e. The lowest BCUT2D eigenvalue weighted by Crippen LogP contribution is -2.26. The lowest BCUT2D eigenvalue weighted by Gasteiger charge is -2.32. The number of nitrogens with zero attached hydrogens (tertiary/aromatic N) is 3. The topological polar surface area (TPSA) is 44.8 Å². The van der Waals surface area contributed by atoms with Crippen molar-refractivity contribution in [2.24, 2.45) is 0 Å². The van der Waals surface area contributed by atoms with Gasteiger partial charge in [0, 0.05) is 16.5 Å². The summed E-state index contributed by atoms with van der Waals surface area (Å²) in [5.74, 6) is 0.612. The van der Waals surface area contributed by atoms with Gasteiger partial charge in [-0.1, -0.05) is 36.4 Å². The summed E-state index contributed by atoms with van der Waals surface area (Å²) >= 11 is 0. The Labute approximate surface area is 198 Å². The van der Waals surface area contributed by atoms with Gasteiger partial charge < -0.3 is 4.90 Å². The van der Waals surface area contributed by atoms with Crippen molar-refractivity contribution in [1.29, 1.82) is 0 Å². The van der Waals surface area contributed by atoms with Crippen LogP contribution in [0.25, 0.3) is 22.8 Å². The number of aryl methyl sites for hydroxylation is 1. The van der Waals surface area contributed by atoms with Crippen molar-refractivity contribution >= 4 is 0 Å². The molecule has 0 fully saturated rings. The van der Waals surface area contributed by atoms with Gasteiger partial charge >= 0.3 is 0 Å². The highest BCUT2D eigenvalue weighted by molar-refractivity contribution is 5.64. The number of aromatic nitrogens is 3. The van der Waals surface area contributed by atoms with E-state index in [9.17, 15) is 8.78 Å². The maximum Gasteiger partial charge on any atom is 0.181 e. The monoisotopic (exact) mass is 458 g/mol. The first-order chi connectivity index (χ1) is 16.4. The van der Waals surface area contributed by atoms with Gasteiger partial charge in [0.05, 0.1) is 0 Å². The second kappa shape index (κ2) is 9.11. The van der Waals surface area contributed by atoms with Crippen molar-refractivity contribution in [1.82, 2.24) is 20.1 Å². The van der Waals surface area contributed by atoms with E-state index in [2.05, 4.69) is 52.4 Å². The molecule has 1 aliphatic rings. The number of aromatic amines is 1. The highest BCUT2D eigenvalue weighted by Crippen LogP contribution is 2.48. The van der Waals surface area contributed by atoms with E-state index in [1.54, 1.807) is 24.3 Å². The van der Waals surface area contributed by atoms with Crippen molar-refractivity contribution in [3.8, 4) is 22.8 Å². The molecular formula is C28H28F2N4. The number of fused-ring (bicyclic) bond motifs is 1. The van der Waals surface area contributed by atoms with Gasteiger partial charge in [0.1, 0.15) is 11.6 Å². The zero-order valence-electron chi connectivity index (χ0n) is 19.5.